The second kappa shape index (κ2) is 9.90. The summed E-state index contributed by atoms with van der Waals surface area (Å²) in [5.74, 6) is 1.39. The summed E-state index contributed by atoms with van der Waals surface area (Å²) in [6.45, 7) is 5.46. The number of allylic oxidation sites excluding steroid dienone is 2. The molecule has 0 spiro atoms. The minimum absolute atomic E-state index is 0.245. The number of carbonyl (C=O) groups is 1. The highest BCUT2D eigenvalue weighted by Crippen LogP contribution is 2.62. The predicted octanol–water partition coefficient (Wildman–Crippen LogP) is 4.43. The Bertz CT molecular complexity index is 685. The number of aliphatic carboxylic acids is 1. The Kier molecular flexibility index (Phi) is 7.53. The van der Waals surface area contributed by atoms with E-state index in [1.165, 1.54) is 18.4 Å². The quantitative estimate of drug-likeness (QED) is 0.380. The van der Waals surface area contributed by atoms with Gasteiger partial charge in [-0.2, -0.15) is 0 Å². The van der Waals surface area contributed by atoms with E-state index in [2.05, 4.69) is 43.4 Å². The Labute approximate surface area is 175 Å². The van der Waals surface area contributed by atoms with Gasteiger partial charge in [0.25, 0.3) is 0 Å². The summed E-state index contributed by atoms with van der Waals surface area (Å²) in [6, 6.07) is 10.6. The van der Waals surface area contributed by atoms with Gasteiger partial charge in [0, 0.05) is 19.0 Å². The van der Waals surface area contributed by atoms with E-state index in [0.29, 0.717) is 36.8 Å². The van der Waals surface area contributed by atoms with E-state index >= 15 is 0 Å². The van der Waals surface area contributed by atoms with Crippen molar-refractivity contribution in [2.75, 3.05) is 6.54 Å². The van der Waals surface area contributed by atoms with Gasteiger partial charge in [-0.1, -0.05) is 56.3 Å². The molecule has 1 aromatic carbocycles. The fourth-order valence-corrected chi connectivity index (χ4v) is 5.50. The SMILES string of the molecule is CC1(C)[C@H]2CC(NCC(O)Cc3ccccc3)[C@@H](C/C=C\CCCC(=O)O)[C@@H]1C2. The highest BCUT2D eigenvalue weighted by atomic mass is 16.4. The molecule has 3 aliphatic carbocycles. The molecule has 4 nitrogen and oxygen atoms in total. The van der Waals surface area contributed by atoms with Gasteiger partial charge in [-0.25, -0.2) is 0 Å². The smallest absolute Gasteiger partial charge is 0.303 e. The number of carboxylic acid groups (broad SMARTS) is 1. The first kappa shape index (κ1) is 22.0. The number of nitrogens with one attached hydrogen (secondary N) is 1. The number of hydrogen-bond donors (Lipinski definition) is 3. The zero-order valence-corrected chi connectivity index (χ0v) is 17.9. The zero-order valence-electron chi connectivity index (χ0n) is 17.9. The molecule has 0 saturated heterocycles. The maximum atomic E-state index is 10.6. The molecule has 4 heteroatoms. The number of fused-ring (bicyclic) bond motifs is 2. The Morgan fingerprint density at radius 3 is 2.69 bits per heavy atom. The molecule has 29 heavy (non-hydrogen) atoms. The number of unbranched alkanes of at least 4 members (excludes halogenated alkanes) is 1. The molecule has 3 fully saturated rings. The first-order valence-corrected chi connectivity index (χ1v) is 11.2. The van der Waals surface area contributed by atoms with Crippen molar-refractivity contribution in [3.8, 4) is 0 Å². The van der Waals surface area contributed by atoms with Crippen molar-refractivity contribution in [2.24, 2.45) is 23.2 Å². The second-order valence-electron chi connectivity index (χ2n) is 9.61. The third kappa shape index (κ3) is 5.70. The fraction of sp³-hybridized carbons (Fsp3) is 0.640. The van der Waals surface area contributed by atoms with Crippen molar-refractivity contribution in [3.63, 3.8) is 0 Å². The molecular formula is C25H37NO3. The first-order chi connectivity index (χ1) is 13.9. The van der Waals surface area contributed by atoms with Crippen LogP contribution in [-0.4, -0.2) is 34.9 Å². The number of aliphatic hydroxyl groups is 1. The molecule has 0 heterocycles. The summed E-state index contributed by atoms with van der Waals surface area (Å²) in [5, 5.41) is 22.9. The van der Waals surface area contributed by atoms with E-state index in [4.69, 9.17) is 5.11 Å². The van der Waals surface area contributed by atoms with Gasteiger partial charge < -0.3 is 15.5 Å². The highest BCUT2D eigenvalue weighted by molar-refractivity contribution is 5.66. The monoisotopic (exact) mass is 399 g/mol. The topological polar surface area (TPSA) is 69.6 Å². The molecule has 3 saturated carbocycles. The molecule has 0 aromatic heterocycles. The van der Waals surface area contributed by atoms with Gasteiger partial charge in [0.2, 0.25) is 0 Å². The number of hydrogen-bond acceptors (Lipinski definition) is 3. The van der Waals surface area contributed by atoms with E-state index < -0.39 is 5.97 Å². The molecule has 1 aromatic rings. The van der Waals surface area contributed by atoms with Gasteiger partial charge in [-0.15, -0.1) is 0 Å². The standard InChI is InChI=1S/C25H37NO3/c1-25(2)19-15-22(25)21(12-8-3-4-9-13-24(28)29)23(16-19)26-17-20(27)14-18-10-6-5-7-11-18/h3,5-8,10-11,19-23,26-27H,4,9,12-17H2,1-2H3,(H,28,29)/b8-3-/t19-,20?,21+,22+,23?/m1/s1. The second-order valence-corrected chi connectivity index (χ2v) is 9.61. The summed E-state index contributed by atoms with van der Waals surface area (Å²) in [5.41, 5.74) is 1.60. The maximum absolute atomic E-state index is 10.6. The Morgan fingerprint density at radius 1 is 1.24 bits per heavy atom. The van der Waals surface area contributed by atoms with Crippen LogP contribution in [0.1, 0.15) is 57.9 Å². The molecule has 3 aliphatic rings. The van der Waals surface area contributed by atoms with Crippen LogP contribution in [0.2, 0.25) is 0 Å². The summed E-state index contributed by atoms with van der Waals surface area (Å²) < 4.78 is 0. The highest BCUT2D eigenvalue weighted by Gasteiger charge is 2.56. The minimum atomic E-state index is -0.716. The summed E-state index contributed by atoms with van der Waals surface area (Å²) in [6.07, 6.45) is 10.1. The normalized spacial score (nSPS) is 28.8. The molecule has 2 unspecified atom stereocenters. The van der Waals surface area contributed by atoms with Crippen LogP contribution in [0.5, 0.6) is 0 Å². The molecule has 5 atom stereocenters. The molecule has 0 aliphatic heterocycles. The average Bonchev–Trinajstić information content (AvgIpc) is 2.69. The van der Waals surface area contributed by atoms with Crippen LogP contribution in [0, 0.1) is 23.2 Å². The fourth-order valence-electron chi connectivity index (χ4n) is 5.50. The lowest BCUT2D eigenvalue weighted by Gasteiger charge is -2.63. The lowest BCUT2D eigenvalue weighted by molar-refractivity contribution is -0.137. The van der Waals surface area contributed by atoms with Crippen molar-refractivity contribution in [3.05, 3.63) is 48.0 Å². The largest absolute Gasteiger partial charge is 0.481 e. The zero-order chi connectivity index (χ0) is 20.9. The molecule has 4 rings (SSSR count). The van der Waals surface area contributed by atoms with Crippen molar-refractivity contribution in [1.29, 1.82) is 0 Å². The van der Waals surface area contributed by atoms with Crippen LogP contribution >= 0.6 is 0 Å². The van der Waals surface area contributed by atoms with Crippen LogP contribution in [0.4, 0.5) is 0 Å². The van der Waals surface area contributed by atoms with E-state index in [-0.39, 0.29) is 12.5 Å². The van der Waals surface area contributed by atoms with Crippen LogP contribution < -0.4 is 5.32 Å². The molecule has 0 amide bonds. The van der Waals surface area contributed by atoms with Crippen molar-refractivity contribution < 1.29 is 15.0 Å². The van der Waals surface area contributed by atoms with Crippen molar-refractivity contribution in [1.82, 2.24) is 5.32 Å². The van der Waals surface area contributed by atoms with Crippen LogP contribution in [0.3, 0.4) is 0 Å². The summed E-state index contributed by atoms with van der Waals surface area (Å²) in [7, 11) is 0. The average molecular weight is 400 g/mol. The van der Waals surface area contributed by atoms with Gasteiger partial charge in [-0.05, 0) is 67.3 Å². The number of carboxylic acids is 1. The molecular weight excluding hydrogens is 362 g/mol. The Hall–Kier alpha value is -1.65. The third-order valence-electron chi connectivity index (χ3n) is 7.38. The molecule has 2 bridgehead atoms. The number of benzene rings is 1. The minimum Gasteiger partial charge on any atom is -0.481 e. The van der Waals surface area contributed by atoms with Gasteiger partial charge in [0.1, 0.15) is 0 Å². The number of rotatable bonds is 11. The van der Waals surface area contributed by atoms with Crippen molar-refractivity contribution in [2.45, 2.75) is 70.9 Å². The summed E-state index contributed by atoms with van der Waals surface area (Å²) in [4.78, 5) is 10.6. The maximum Gasteiger partial charge on any atom is 0.303 e. The predicted molar refractivity (Wildman–Crippen MR) is 117 cm³/mol. The molecule has 0 radical (unpaired) electrons. The molecule has 160 valence electrons. The van der Waals surface area contributed by atoms with Gasteiger partial charge in [0.05, 0.1) is 6.10 Å². The van der Waals surface area contributed by atoms with E-state index in [9.17, 15) is 9.90 Å². The Morgan fingerprint density at radius 2 is 2.00 bits per heavy atom. The lowest BCUT2D eigenvalue weighted by Crippen LogP contribution is -2.61. The molecule has 3 N–H and O–H groups in total. The van der Waals surface area contributed by atoms with E-state index in [1.807, 2.05) is 18.2 Å². The van der Waals surface area contributed by atoms with Gasteiger partial charge >= 0.3 is 5.97 Å². The van der Waals surface area contributed by atoms with E-state index in [1.54, 1.807) is 0 Å². The van der Waals surface area contributed by atoms with Gasteiger partial charge in [-0.3, -0.25) is 4.79 Å². The van der Waals surface area contributed by atoms with Crippen LogP contribution in [-0.2, 0) is 11.2 Å². The van der Waals surface area contributed by atoms with Crippen molar-refractivity contribution >= 4 is 5.97 Å². The summed E-state index contributed by atoms with van der Waals surface area (Å²) >= 11 is 0. The van der Waals surface area contributed by atoms with Crippen LogP contribution in [0.25, 0.3) is 0 Å². The van der Waals surface area contributed by atoms with Gasteiger partial charge in [0.15, 0.2) is 0 Å². The Balaban J connectivity index is 1.50. The van der Waals surface area contributed by atoms with Crippen LogP contribution in [0.15, 0.2) is 42.5 Å². The van der Waals surface area contributed by atoms with E-state index in [0.717, 1.165) is 24.7 Å². The third-order valence-corrected chi connectivity index (χ3v) is 7.38. The first-order valence-electron chi connectivity index (χ1n) is 11.2. The lowest BCUT2D eigenvalue weighted by atomic mass is 9.44. The number of aliphatic hydroxyl groups excluding tert-OH is 1.